The van der Waals surface area contributed by atoms with Gasteiger partial charge in [0.15, 0.2) is 11.0 Å². The average Bonchev–Trinajstić information content (AvgIpc) is 2.33. The molecule has 0 atom stereocenters. The highest BCUT2D eigenvalue weighted by Gasteiger charge is 2.19. The highest BCUT2D eigenvalue weighted by Crippen LogP contribution is 2.27. The number of hydrogen-bond acceptors (Lipinski definition) is 3. The van der Waals surface area contributed by atoms with Crippen LogP contribution in [0.2, 0.25) is 5.15 Å². The summed E-state index contributed by atoms with van der Waals surface area (Å²) in [6, 6.07) is 0.541. The van der Waals surface area contributed by atoms with Crippen molar-refractivity contribution in [3.8, 4) is 0 Å². The Hall–Kier alpha value is -0.830. The highest BCUT2D eigenvalue weighted by atomic mass is 35.5. The Morgan fingerprint density at radius 3 is 2.35 bits per heavy atom. The molecule has 1 aromatic rings. The monoisotopic (exact) mass is 253 g/mol. The number of hydrogen-bond donors (Lipinski definition) is 1. The summed E-state index contributed by atoms with van der Waals surface area (Å²) in [5, 5.41) is 12.1. The molecule has 4 heteroatoms. The molecule has 0 bridgehead atoms. The smallest absolute Gasteiger partial charge is 0.155 e. The van der Waals surface area contributed by atoms with Crippen molar-refractivity contribution in [2.75, 3.05) is 5.32 Å². The SMILES string of the molecule is Cc1c(Cl)nnc(NC2CCC(C)CC2)c1C. The van der Waals surface area contributed by atoms with Crippen molar-refractivity contribution in [2.24, 2.45) is 5.92 Å². The quantitative estimate of drug-likeness (QED) is 0.873. The van der Waals surface area contributed by atoms with E-state index in [9.17, 15) is 0 Å². The second kappa shape index (κ2) is 5.21. The topological polar surface area (TPSA) is 37.8 Å². The lowest BCUT2D eigenvalue weighted by molar-refractivity contribution is 0.360. The molecule has 0 aromatic carbocycles. The van der Waals surface area contributed by atoms with Gasteiger partial charge < -0.3 is 5.32 Å². The van der Waals surface area contributed by atoms with Gasteiger partial charge in [-0.1, -0.05) is 18.5 Å². The van der Waals surface area contributed by atoms with Crippen molar-refractivity contribution in [1.29, 1.82) is 0 Å². The van der Waals surface area contributed by atoms with Crippen LogP contribution in [-0.2, 0) is 0 Å². The van der Waals surface area contributed by atoms with E-state index in [1.807, 2.05) is 13.8 Å². The van der Waals surface area contributed by atoms with Gasteiger partial charge in [0.1, 0.15) is 0 Å². The van der Waals surface area contributed by atoms with E-state index in [1.165, 1.54) is 25.7 Å². The van der Waals surface area contributed by atoms with Gasteiger partial charge in [-0.15, -0.1) is 10.2 Å². The van der Waals surface area contributed by atoms with Gasteiger partial charge in [-0.2, -0.15) is 0 Å². The van der Waals surface area contributed by atoms with Crippen molar-refractivity contribution in [3.05, 3.63) is 16.3 Å². The van der Waals surface area contributed by atoms with Crippen molar-refractivity contribution >= 4 is 17.4 Å². The van der Waals surface area contributed by atoms with Crippen LogP contribution < -0.4 is 5.32 Å². The third kappa shape index (κ3) is 2.89. The Balaban J connectivity index is 2.06. The Morgan fingerprint density at radius 2 is 1.71 bits per heavy atom. The fourth-order valence-electron chi connectivity index (χ4n) is 2.31. The lowest BCUT2D eigenvalue weighted by atomic mass is 9.87. The zero-order chi connectivity index (χ0) is 12.4. The van der Waals surface area contributed by atoms with E-state index in [0.29, 0.717) is 11.2 Å². The summed E-state index contributed by atoms with van der Waals surface area (Å²) < 4.78 is 0. The summed E-state index contributed by atoms with van der Waals surface area (Å²) in [7, 11) is 0. The van der Waals surface area contributed by atoms with Crippen LogP contribution in [0.3, 0.4) is 0 Å². The molecular weight excluding hydrogens is 234 g/mol. The van der Waals surface area contributed by atoms with Crippen molar-refractivity contribution < 1.29 is 0 Å². The van der Waals surface area contributed by atoms with Crippen LogP contribution in [0.5, 0.6) is 0 Å². The fourth-order valence-corrected chi connectivity index (χ4v) is 2.49. The van der Waals surface area contributed by atoms with Gasteiger partial charge in [0.05, 0.1) is 0 Å². The van der Waals surface area contributed by atoms with Crippen LogP contribution in [0, 0.1) is 19.8 Å². The number of nitrogens with zero attached hydrogens (tertiary/aromatic N) is 2. The minimum atomic E-state index is 0.505. The molecule has 1 aliphatic carbocycles. The van der Waals surface area contributed by atoms with E-state index in [4.69, 9.17) is 11.6 Å². The third-order valence-electron chi connectivity index (χ3n) is 3.82. The molecule has 2 rings (SSSR count). The average molecular weight is 254 g/mol. The maximum atomic E-state index is 5.95. The van der Waals surface area contributed by atoms with Gasteiger partial charge in [-0.05, 0) is 56.6 Å². The molecule has 0 amide bonds. The van der Waals surface area contributed by atoms with Crippen molar-refractivity contribution in [2.45, 2.75) is 52.5 Å². The van der Waals surface area contributed by atoms with Crippen LogP contribution in [0.25, 0.3) is 0 Å². The molecule has 3 nitrogen and oxygen atoms in total. The number of halogens is 1. The highest BCUT2D eigenvalue weighted by molar-refractivity contribution is 6.30. The van der Waals surface area contributed by atoms with Crippen LogP contribution in [0.1, 0.15) is 43.7 Å². The second-order valence-corrected chi connectivity index (χ2v) is 5.55. The Kier molecular flexibility index (Phi) is 3.87. The molecule has 0 spiro atoms. The molecule has 1 fully saturated rings. The lowest BCUT2D eigenvalue weighted by Crippen LogP contribution is -2.26. The first-order valence-electron chi connectivity index (χ1n) is 6.34. The van der Waals surface area contributed by atoms with Gasteiger partial charge in [0, 0.05) is 6.04 Å². The summed E-state index contributed by atoms with van der Waals surface area (Å²) in [5.41, 5.74) is 2.14. The molecule has 1 saturated carbocycles. The molecule has 94 valence electrons. The van der Waals surface area contributed by atoms with E-state index in [2.05, 4.69) is 22.4 Å². The first-order valence-corrected chi connectivity index (χ1v) is 6.71. The van der Waals surface area contributed by atoms with Crippen LogP contribution in [0.15, 0.2) is 0 Å². The Labute approximate surface area is 108 Å². The van der Waals surface area contributed by atoms with Crippen LogP contribution in [0.4, 0.5) is 5.82 Å². The normalized spacial score (nSPS) is 24.7. The summed E-state index contributed by atoms with van der Waals surface area (Å²) >= 11 is 5.95. The van der Waals surface area contributed by atoms with Gasteiger partial charge in [0.25, 0.3) is 0 Å². The van der Waals surface area contributed by atoms with Crippen molar-refractivity contribution in [3.63, 3.8) is 0 Å². The Bertz CT molecular complexity index is 398. The predicted octanol–water partition coefficient (Wildman–Crippen LogP) is 3.74. The van der Waals surface area contributed by atoms with Gasteiger partial charge >= 0.3 is 0 Å². The van der Waals surface area contributed by atoms with E-state index in [1.54, 1.807) is 0 Å². The maximum absolute atomic E-state index is 5.95. The first-order chi connectivity index (χ1) is 8.08. The van der Waals surface area contributed by atoms with E-state index < -0.39 is 0 Å². The van der Waals surface area contributed by atoms with Crippen molar-refractivity contribution in [1.82, 2.24) is 10.2 Å². The van der Waals surface area contributed by atoms with Crippen LogP contribution in [-0.4, -0.2) is 16.2 Å². The number of nitrogens with one attached hydrogen (secondary N) is 1. The minimum absolute atomic E-state index is 0.505. The summed E-state index contributed by atoms with van der Waals surface area (Å²) in [4.78, 5) is 0. The predicted molar refractivity (Wildman–Crippen MR) is 71.6 cm³/mol. The Morgan fingerprint density at radius 1 is 1.06 bits per heavy atom. The van der Waals surface area contributed by atoms with E-state index in [-0.39, 0.29) is 0 Å². The summed E-state index contributed by atoms with van der Waals surface area (Å²) in [6.45, 7) is 6.36. The third-order valence-corrected chi connectivity index (χ3v) is 4.18. The molecule has 0 radical (unpaired) electrons. The zero-order valence-corrected chi connectivity index (χ0v) is 11.5. The lowest BCUT2D eigenvalue weighted by Gasteiger charge is -2.27. The minimum Gasteiger partial charge on any atom is -0.366 e. The molecule has 1 N–H and O–H groups in total. The number of anilines is 1. The fraction of sp³-hybridized carbons (Fsp3) is 0.692. The number of rotatable bonds is 2. The summed E-state index contributed by atoms with van der Waals surface area (Å²) in [6.07, 6.45) is 5.06. The number of aromatic nitrogens is 2. The molecule has 0 saturated heterocycles. The molecule has 0 unspecified atom stereocenters. The first kappa shape index (κ1) is 12.6. The standard InChI is InChI=1S/C13H20ClN3/c1-8-4-6-11(7-5-8)15-13-10(3)9(2)12(14)16-17-13/h8,11H,4-7H2,1-3H3,(H,15,17). The largest absolute Gasteiger partial charge is 0.366 e. The van der Waals surface area contributed by atoms with Gasteiger partial charge in [-0.25, -0.2) is 0 Å². The van der Waals surface area contributed by atoms with Gasteiger partial charge in [-0.3, -0.25) is 0 Å². The molecule has 17 heavy (non-hydrogen) atoms. The van der Waals surface area contributed by atoms with E-state index >= 15 is 0 Å². The molecular formula is C13H20ClN3. The molecule has 1 heterocycles. The molecule has 1 aliphatic rings. The molecule has 1 aromatic heterocycles. The maximum Gasteiger partial charge on any atom is 0.155 e. The van der Waals surface area contributed by atoms with Crippen LogP contribution >= 0.6 is 11.6 Å². The zero-order valence-electron chi connectivity index (χ0n) is 10.8. The summed E-state index contributed by atoms with van der Waals surface area (Å²) in [5.74, 6) is 1.76. The second-order valence-electron chi connectivity index (χ2n) is 5.19. The van der Waals surface area contributed by atoms with Gasteiger partial charge in [0.2, 0.25) is 0 Å². The molecule has 0 aliphatic heterocycles. The van der Waals surface area contributed by atoms with E-state index in [0.717, 1.165) is 22.9 Å².